The normalized spacial score (nSPS) is 17.4. The molecule has 2 heterocycles. The van der Waals surface area contributed by atoms with E-state index < -0.39 is 28.9 Å². The van der Waals surface area contributed by atoms with Crippen molar-refractivity contribution in [2.75, 3.05) is 13.1 Å². The van der Waals surface area contributed by atoms with Gasteiger partial charge in [0.25, 0.3) is 5.91 Å². The number of hydrogen-bond donors (Lipinski definition) is 0. The van der Waals surface area contributed by atoms with Crippen LogP contribution in [-0.4, -0.2) is 40.2 Å². The summed E-state index contributed by atoms with van der Waals surface area (Å²) in [5.74, 6) is -4.81. The monoisotopic (exact) mass is 351 g/mol. The van der Waals surface area contributed by atoms with Crippen LogP contribution in [0, 0.1) is 24.4 Å². The zero-order chi connectivity index (χ0) is 18.0. The van der Waals surface area contributed by atoms with Crippen LogP contribution in [0.1, 0.15) is 28.9 Å². The SMILES string of the molecule is Cc1ccc(OC2CCCN(C(=O)c3ccc(F)c(F)c3F)C2)nn1. The molecular weight excluding hydrogens is 335 g/mol. The largest absolute Gasteiger partial charge is 0.471 e. The van der Waals surface area contributed by atoms with Crippen LogP contribution in [-0.2, 0) is 0 Å². The zero-order valence-electron chi connectivity index (χ0n) is 13.5. The number of aryl methyl sites for hydroxylation is 1. The van der Waals surface area contributed by atoms with Gasteiger partial charge in [0.15, 0.2) is 17.5 Å². The van der Waals surface area contributed by atoms with E-state index in [0.717, 1.165) is 17.8 Å². The summed E-state index contributed by atoms with van der Waals surface area (Å²) in [6.07, 6.45) is 1.00. The van der Waals surface area contributed by atoms with Crippen LogP contribution in [0.3, 0.4) is 0 Å². The number of aromatic nitrogens is 2. The number of benzene rings is 1. The van der Waals surface area contributed by atoms with E-state index in [1.165, 1.54) is 4.90 Å². The van der Waals surface area contributed by atoms with Crippen molar-refractivity contribution in [1.29, 1.82) is 0 Å². The van der Waals surface area contributed by atoms with Crippen LogP contribution < -0.4 is 4.74 Å². The Morgan fingerprint density at radius 2 is 1.96 bits per heavy atom. The molecule has 0 spiro atoms. The van der Waals surface area contributed by atoms with Gasteiger partial charge in [-0.25, -0.2) is 13.2 Å². The summed E-state index contributed by atoms with van der Waals surface area (Å²) >= 11 is 0. The van der Waals surface area contributed by atoms with Crippen LogP contribution >= 0.6 is 0 Å². The average Bonchev–Trinajstić information content (AvgIpc) is 2.61. The van der Waals surface area contributed by atoms with Gasteiger partial charge in [-0.15, -0.1) is 5.10 Å². The first kappa shape index (κ1) is 17.2. The molecule has 132 valence electrons. The van der Waals surface area contributed by atoms with Gasteiger partial charge in [0.05, 0.1) is 17.8 Å². The lowest BCUT2D eigenvalue weighted by Gasteiger charge is -2.32. The lowest BCUT2D eigenvalue weighted by molar-refractivity contribution is 0.0520. The number of piperidine rings is 1. The molecule has 8 heteroatoms. The summed E-state index contributed by atoms with van der Waals surface area (Å²) in [6.45, 7) is 2.39. The molecule has 0 bridgehead atoms. The number of rotatable bonds is 3. The molecule has 0 saturated carbocycles. The van der Waals surface area contributed by atoms with Gasteiger partial charge in [-0.2, -0.15) is 5.10 Å². The zero-order valence-corrected chi connectivity index (χ0v) is 13.5. The molecule has 1 aromatic heterocycles. The first-order valence-corrected chi connectivity index (χ1v) is 7.85. The highest BCUT2D eigenvalue weighted by molar-refractivity contribution is 5.94. The maximum absolute atomic E-state index is 13.8. The summed E-state index contributed by atoms with van der Waals surface area (Å²) < 4.78 is 45.9. The summed E-state index contributed by atoms with van der Waals surface area (Å²) in [6, 6.07) is 5.13. The molecule has 25 heavy (non-hydrogen) atoms. The van der Waals surface area contributed by atoms with E-state index in [9.17, 15) is 18.0 Å². The van der Waals surface area contributed by atoms with Crippen molar-refractivity contribution in [3.63, 3.8) is 0 Å². The minimum atomic E-state index is -1.65. The number of hydrogen-bond acceptors (Lipinski definition) is 4. The minimum absolute atomic E-state index is 0.201. The van der Waals surface area contributed by atoms with Crippen LogP contribution in [0.4, 0.5) is 13.2 Å². The lowest BCUT2D eigenvalue weighted by atomic mass is 10.1. The number of carbonyl (C=O) groups is 1. The number of ether oxygens (including phenoxy) is 1. The van der Waals surface area contributed by atoms with Crippen molar-refractivity contribution < 1.29 is 22.7 Å². The van der Waals surface area contributed by atoms with Crippen molar-refractivity contribution in [3.8, 4) is 5.88 Å². The summed E-state index contributed by atoms with van der Waals surface area (Å²) in [5, 5.41) is 7.80. The van der Waals surface area contributed by atoms with Crippen molar-refractivity contribution in [1.82, 2.24) is 15.1 Å². The Kier molecular flexibility index (Phi) is 4.87. The maximum Gasteiger partial charge on any atom is 0.257 e. The van der Waals surface area contributed by atoms with Crippen molar-refractivity contribution >= 4 is 5.91 Å². The average molecular weight is 351 g/mol. The number of halogens is 3. The summed E-state index contributed by atoms with van der Waals surface area (Å²) in [5.41, 5.74) is 0.260. The Balaban J connectivity index is 1.71. The van der Waals surface area contributed by atoms with Crippen LogP contribution in [0.2, 0.25) is 0 Å². The summed E-state index contributed by atoms with van der Waals surface area (Å²) in [4.78, 5) is 13.8. The molecule has 2 aromatic rings. The predicted molar refractivity (Wildman–Crippen MR) is 82.6 cm³/mol. The topological polar surface area (TPSA) is 55.3 Å². The molecule has 1 aliphatic rings. The predicted octanol–water partition coefficient (Wildman–Crippen LogP) is 2.89. The number of carbonyl (C=O) groups excluding carboxylic acids is 1. The van der Waals surface area contributed by atoms with Crippen molar-refractivity contribution in [3.05, 3.63) is 53.0 Å². The smallest absolute Gasteiger partial charge is 0.257 e. The molecular formula is C17H16F3N3O2. The van der Waals surface area contributed by atoms with Crippen molar-refractivity contribution in [2.24, 2.45) is 0 Å². The molecule has 3 rings (SSSR count). The van der Waals surface area contributed by atoms with E-state index in [4.69, 9.17) is 4.74 Å². The molecule has 1 amide bonds. The second kappa shape index (κ2) is 7.08. The van der Waals surface area contributed by atoms with Gasteiger partial charge in [0.2, 0.25) is 5.88 Å². The Morgan fingerprint density at radius 3 is 2.68 bits per heavy atom. The highest BCUT2D eigenvalue weighted by atomic mass is 19.2. The summed E-state index contributed by atoms with van der Waals surface area (Å²) in [7, 11) is 0. The van der Waals surface area contributed by atoms with E-state index >= 15 is 0 Å². The first-order valence-electron chi connectivity index (χ1n) is 7.85. The fraction of sp³-hybridized carbons (Fsp3) is 0.353. The Hall–Kier alpha value is -2.64. The maximum atomic E-state index is 13.8. The van der Waals surface area contributed by atoms with E-state index in [1.807, 2.05) is 0 Å². The van der Waals surface area contributed by atoms with Crippen molar-refractivity contribution in [2.45, 2.75) is 25.9 Å². The molecule has 0 N–H and O–H groups in total. The van der Waals surface area contributed by atoms with E-state index in [2.05, 4.69) is 10.2 Å². The van der Waals surface area contributed by atoms with Crippen LogP contribution in [0.25, 0.3) is 0 Å². The lowest BCUT2D eigenvalue weighted by Crippen LogP contribution is -2.44. The highest BCUT2D eigenvalue weighted by Gasteiger charge is 2.29. The van der Waals surface area contributed by atoms with Gasteiger partial charge in [0, 0.05) is 12.6 Å². The van der Waals surface area contributed by atoms with Gasteiger partial charge in [-0.3, -0.25) is 4.79 Å². The third kappa shape index (κ3) is 3.72. The molecule has 0 radical (unpaired) electrons. The fourth-order valence-corrected chi connectivity index (χ4v) is 2.70. The van der Waals surface area contributed by atoms with Gasteiger partial charge in [-0.05, 0) is 38.0 Å². The molecule has 1 aromatic carbocycles. The quantitative estimate of drug-likeness (QED) is 0.798. The number of amides is 1. The second-order valence-electron chi connectivity index (χ2n) is 5.87. The Bertz CT molecular complexity index is 783. The van der Waals surface area contributed by atoms with Gasteiger partial charge in [0.1, 0.15) is 6.10 Å². The fourth-order valence-electron chi connectivity index (χ4n) is 2.70. The molecule has 1 aliphatic heterocycles. The molecule has 1 saturated heterocycles. The van der Waals surface area contributed by atoms with E-state index in [-0.39, 0.29) is 12.6 Å². The molecule has 0 aliphatic carbocycles. The number of nitrogens with zero attached hydrogens (tertiary/aromatic N) is 3. The molecule has 5 nitrogen and oxygen atoms in total. The molecule has 1 fully saturated rings. The third-order valence-corrected chi connectivity index (χ3v) is 3.99. The van der Waals surface area contributed by atoms with Gasteiger partial charge < -0.3 is 9.64 Å². The Morgan fingerprint density at radius 1 is 1.16 bits per heavy atom. The molecule has 1 atom stereocenters. The first-order chi connectivity index (χ1) is 12.0. The van der Waals surface area contributed by atoms with Gasteiger partial charge in [-0.1, -0.05) is 0 Å². The van der Waals surface area contributed by atoms with Crippen LogP contribution in [0.15, 0.2) is 24.3 Å². The standard InChI is InChI=1S/C17H16F3N3O2/c1-10-4-7-14(22-21-10)25-11-3-2-8-23(9-11)17(24)12-5-6-13(18)16(20)15(12)19/h4-7,11H,2-3,8-9H2,1H3. The molecule has 1 unspecified atom stereocenters. The van der Waals surface area contributed by atoms with E-state index in [0.29, 0.717) is 25.3 Å². The van der Waals surface area contributed by atoms with E-state index in [1.54, 1.807) is 19.1 Å². The number of likely N-dealkylation sites (tertiary alicyclic amines) is 1. The van der Waals surface area contributed by atoms with Gasteiger partial charge >= 0.3 is 0 Å². The Labute approximate surface area is 142 Å². The third-order valence-electron chi connectivity index (χ3n) is 3.99. The second-order valence-corrected chi connectivity index (χ2v) is 5.87. The highest BCUT2D eigenvalue weighted by Crippen LogP contribution is 2.21. The van der Waals surface area contributed by atoms with Crippen LogP contribution in [0.5, 0.6) is 5.88 Å². The minimum Gasteiger partial charge on any atom is -0.471 e.